The van der Waals surface area contributed by atoms with E-state index in [4.69, 9.17) is 0 Å². The van der Waals surface area contributed by atoms with E-state index in [2.05, 4.69) is 26.3 Å². The van der Waals surface area contributed by atoms with Crippen LogP contribution in [0.25, 0.3) is 0 Å². The molecule has 18 heavy (non-hydrogen) atoms. The van der Waals surface area contributed by atoms with Gasteiger partial charge in [-0.15, -0.1) is 0 Å². The number of aromatic nitrogens is 2. The van der Waals surface area contributed by atoms with E-state index in [0.717, 1.165) is 16.7 Å². The second kappa shape index (κ2) is 5.35. The Hall–Kier alpha value is -1.62. The summed E-state index contributed by atoms with van der Waals surface area (Å²) >= 11 is 3.38. The molecule has 2 aromatic rings. The third-order valence-electron chi connectivity index (χ3n) is 2.62. The van der Waals surface area contributed by atoms with Gasteiger partial charge in [-0.05, 0) is 24.6 Å². The summed E-state index contributed by atoms with van der Waals surface area (Å²) in [5.41, 5.74) is 3.28. The second-order valence-corrected chi connectivity index (χ2v) is 4.65. The van der Waals surface area contributed by atoms with Crippen LogP contribution in [-0.2, 0) is 12.4 Å². The van der Waals surface area contributed by atoms with Gasteiger partial charge in [-0.25, -0.2) is 0 Å². The molecule has 0 saturated carbocycles. The summed E-state index contributed by atoms with van der Waals surface area (Å²) in [7, 11) is 1.80. The molecule has 0 radical (unpaired) electrons. The van der Waals surface area contributed by atoms with Crippen molar-refractivity contribution in [3.63, 3.8) is 0 Å². The molecule has 4 nitrogen and oxygen atoms in total. The van der Waals surface area contributed by atoms with Crippen molar-refractivity contribution in [3.05, 3.63) is 47.3 Å². The Morgan fingerprint density at radius 3 is 2.56 bits per heavy atom. The zero-order chi connectivity index (χ0) is 13.1. The third kappa shape index (κ3) is 2.79. The molecule has 1 amide bonds. The van der Waals surface area contributed by atoms with Crippen molar-refractivity contribution in [1.82, 2.24) is 9.78 Å². The molecule has 0 atom stereocenters. The molecule has 1 aromatic carbocycles. The maximum atomic E-state index is 12.0. The Morgan fingerprint density at radius 2 is 2.06 bits per heavy atom. The van der Waals surface area contributed by atoms with Gasteiger partial charge in [0.25, 0.3) is 5.91 Å². The average molecular weight is 308 g/mol. The Balaban J connectivity index is 2.13. The van der Waals surface area contributed by atoms with E-state index in [0.29, 0.717) is 5.56 Å². The molecule has 0 spiro atoms. The number of nitrogens with one attached hydrogen (secondary N) is 1. The first-order valence-corrected chi connectivity index (χ1v) is 6.69. The molecule has 1 N–H and O–H groups in total. The van der Waals surface area contributed by atoms with Crippen LogP contribution in [-0.4, -0.2) is 15.7 Å². The summed E-state index contributed by atoms with van der Waals surface area (Å²) in [5.74, 6) is -0.132. The number of nitrogens with zero attached hydrogens (tertiary/aromatic N) is 2. The van der Waals surface area contributed by atoms with Crippen molar-refractivity contribution in [3.8, 4) is 0 Å². The standard InChI is InChI=1S/C13H14BrN3O/c1-9-12(8-17(2)16-9)13(18)15-11-5-3-10(7-14)4-6-11/h3-6,8H,7H2,1-2H3,(H,15,18). The van der Waals surface area contributed by atoms with Crippen LogP contribution in [0.5, 0.6) is 0 Å². The highest BCUT2D eigenvalue weighted by Gasteiger charge is 2.12. The zero-order valence-electron chi connectivity index (χ0n) is 10.3. The molecular formula is C13H14BrN3O. The van der Waals surface area contributed by atoms with E-state index in [9.17, 15) is 4.79 Å². The van der Waals surface area contributed by atoms with Gasteiger partial charge in [0.05, 0.1) is 11.3 Å². The molecule has 0 aliphatic rings. The normalized spacial score (nSPS) is 10.4. The maximum Gasteiger partial charge on any atom is 0.259 e. The second-order valence-electron chi connectivity index (χ2n) is 4.09. The molecular weight excluding hydrogens is 294 g/mol. The minimum atomic E-state index is -0.132. The number of rotatable bonds is 3. The lowest BCUT2D eigenvalue weighted by molar-refractivity contribution is 0.102. The highest BCUT2D eigenvalue weighted by molar-refractivity contribution is 9.08. The highest BCUT2D eigenvalue weighted by atomic mass is 79.9. The number of alkyl halides is 1. The molecule has 94 valence electrons. The van der Waals surface area contributed by atoms with Crippen LogP contribution in [0.15, 0.2) is 30.5 Å². The summed E-state index contributed by atoms with van der Waals surface area (Å²) in [6.07, 6.45) is 1.72. The highest BCUT2D eigenvalue weighted by Crippen LogP contribution is 2.14. The van der Waals surface area contributed by atoms with Gasteiger partial charge in [0.15, 0.2) is 0 Å². The first kappa shape index (κ1) is 12.8. The maximum absolute atomic E-state index is 12.0. The number of amides is 1. The Bertz CT molecular complexity index is 560. The number of carbonyl (C=O) groups is 1. The summed E-state index contributed by atoms with van der Waals surface area (Å²) < 4.78 is 1.64. The molecule has 0 saturated heterocycles. The molecule has 0 unspecified atom stereocenters. The molecule has 1 aromatic heterocycles. The number of hydrogen-bond donors (Lipinski definition) is 1. The van der Waals surface area contributed by atoms with Crippen LogP contribution in [0.3, 0.4) is 0 Å². The number of benzene rings is 1. The van der Waals surface area contributed by atoms with Crippen molar-refractivity contribution in [1.29, 1.82) is 0 Å². The van der Waals surface area contributed by atoms with E-state index in [1.54, 1.807) is 17.9 Å². The van der Waals surface area contributed by atoms with E-state index in [1.807, 2.05) is 31.2 Å². The van der Waals surface area contributed by atoms with Gasteiger partial charge < -0.3 is 5.32 Å². The average Bonchev–Trinajstić information content (AvgIpc) is 2.69. The molecule has 0 bridgehead atoms. The van der Waals surface area contributed by atoms with Gasteiger partial charge in [0, 0.05) is 24.3 Å². The summed E-state index contributed by atoms with van der Waals surface area (Å²) in [6, 6.07) is 7.72. The number of hydrogen-bond acceptors (Lipinski definition) is 2. The Kier molecular flexibility index (Phi) is 3.81. The van der Waals surface area contributed by atoms with E-state index < -0.39 is 0 Å². The van der Waals surface area contributed by atoms with Crippen LogP contribution in [0.1, 0.15) is 21.6 Å². The van der Waals surface area contributed by atoms with Gasteiger partial charge >= 0.3 is 0 Å². The lowest BCUT2D eigenvalue weighted by Gasteiger charge is -2.04. The molecule has 0 aliphatic heterocycles. The topological polar surface area (TPSA) is 46.9 Å². The summed E-state index contributed by atoms with van der Waals surface area (Å²) in [6.45, 7) is 1.82. The fourth-order valence-electron chi connectivity index (χ4n) is 1.70. The lowest BCUT2D eigenvalue weighted by atomic mass is 10.2. The van der Waals surface area contributed by atoms with Crippen LogP contribution in [0, 0.1) is 6.92 Å². The van der Waals surface area contributed by atoms with Gasteiger partial charge in [-0.3, -0.25) is 9.48 Å². The molecule has 5 heteroatoms. The fourth-order valence-corrected chi connectivity index (χ4v) is 2.07. The van der Waals surface area contributed by atoms with Crippen molar-refractivity contribution in [2.24, 2.45) is 7.05 Å². The smallest absolute Gasteiger partial charge is 0.259 e. The van der Waals surface area contributed by atoms with Crippen molar-refractivity contribution >= 4 is 27.5 Å². The van der Waals surface area contributed by atoms with Crippen LogP contribution in [0.4, 0.5) is 5.69 Å². The van der Waals surface area contributed by atoms with E-state index >= 15 is 0 Å². The van der Waals surface area contributed by atoms with Crippen LogP contribution < -0.4 is 5.32 Å². The number of carbonyl (C=O) groups excluding carboxylic acids is 1. The summed E-state index contributed by atoms with van der Waals surface area (Å²) in [5, 5.41) is 7.82. The van der Waals surface area contributed by atoms with Crippen molar-refractivity contribution in [2.75, 3.05) is 5.32 Å². The van der Waals surface area contributed by atoms with E-state index in [1.165, 1.54) is 5.56 Å². The van der Waals surface area contributed by atoms with Gasteiger partial charge in [0.2, 0.25) is 0 Å². The molecule has 1 heterocycles. The van der Waals surface area contributed by atoms with Crippen molar-refractivity contribution < 1.29 is 4.79 Å². The molecule has 0 fully saturated rings. The lowest BCUT2D eigenvalue weighted by Crippen LogP contribution is -2.12. The fraction of sp³-hybridized carbons (Fsp3) is 0.231. The first-order valence-electron chi connectivity index (χ1n) is 5.56. The van der Waals surface area contributed by atoms with Crippen LogP contribution >= 0.6 is 15.9 Å². The predicted octanol–water partition coefficient (Wildman–Crippen LogP) is 2.88. The van der Waals surface area contributed by atoms with Crippen molar-refractivity contribution in [2.45, 2.75) is 12.3 Å². The SMILES string of the molecule is Cc1nn(C)cc1C(=O)Nc1ccc(CBr)cc1. The largest absolute Gasteiger partial charge is 0.322 e. The summed E-state index contributed by atoms with van der Waals surface area (Å²) in [4.78, 5) is 12.0. The minimum Gasteiger partial charge on any atom is -0.322 e. The van der Waals surface area contributed by atoms with Gasteiger partial charge in [-0.1, -0.05) is 28.1 Å². The number of halogens is 1. The zero-order valence-corrected chi connectivity index (χ0v) is 11.9. The van der Waals surface area contributed by atoms with Crippen LogP contribution in [0.2, 0.25) is 0 Å². The predicted molar refractivity (Wildman–Crippen MR) is 75.0 cm³/mol. The van der Waals surface area contributed by atoms with Gasteiger partial charge in [0.1, 0.15) is 0 Å². The van der Waals surface area contributed by atoms with Gasteiger partial charge in [-0.2, -0.15) is 5.10 Å². The Labute approximate surface area is 114 Å². The first-order chi connectivity index (χ1) is 8.60. The molecule has 2 rings (SSSR count). The van der Waals surface area contributed by atoms with E-state index in [-0.39, 0.29) is 5.91 Å². The quantitative estimate of drug-likeness (QED) is 0.886. The minimum absolute atomic E-state index is 0.132. The monoisotopic (exact) mass is 307 g/mol. The third-order valence-corrected chi connectivity index (χ3v) is 3.27. The number of aryl methyl sites for hydroxylation is 2. The molecule has 0 aliphatic carbocycles. The number of anilines is 1. The Morgan fingerprint density at radius 1 is 1.39 bits per heavy atom.